The smallest absolute Gasteiger partial charge is 0.0826 e. The molecule has 110 valence electrons. The molecule has 0 saturated carbocycles. The predicted molar refractivity (Wildman–Crippen MR) is 82.4 cm³/mol. The molecule has 0 amide bonds. The number of ether oxygens (including phenoxy) is 1. The molecule has 1 N–H and O–H groups in total. The fourth-order valence-corrected chi connectivity index (χ4v) is 3.25. The minimum absolute atomic E-state index is 0.328. The van der Waals surface area contributed by atoms with Crippen molar-refractivity contribution in [2.75, 3.05) is 51.8 Å². The molecule has 1 unspecified atom stereocenters. The minimum Gasteiger partial charge on any atom is -0.374 e. The molecular weight excluding hydrogens is 250 g/mol. The number of nitrogens with zero attached hydrogens (tertiary/aromatic N) is 2. The van der Waals surface area contributed by atoms with Gasteiger partial charge in [-0.1, -0.05) is 12.1 Å². The second-order valence-electron chi connectivity index (χ2n) is 5.92. The van der Waals surface area contributed by atoms with E-state index >= 15 is 0 Å². The SMILES string of the molecule is CNCC1CN(Cc2ccc3c(c2)CCN3C)CCO1. The van der Waals surface area contributed by atoms with Crippen molar-refractivity contribution < 1.29 is 4.74 Å². The van der Waals surface area contributed by atoms with Gasteiger partial charge in [-0.25, -0.2) is 0 Å². The lowest BCUT2D eigenvalue weighted by atomic mass is 10.1. The lowest BCUT2D eigenvalue weighted by Crippen LogP contribution is -2.45. The Labute approximate surface area is 121 Å². The Balaban J connectivity index is 1.63. The number of fused-ring (bicyclic) bond motifs is 1. The Bertz CT molecular complexity index is 461. The monoisotopic (exact) mass is 275 g/mol. The fraction of sp³-hybridized carbons (Fsp3) is 0.625. The molecule has 4 heteroatoms. The van der Waals surface area contributed by atoms with Crippen molar-refractivity contribution in [3.8, 4) is 0 Å². The van der Waals surface area contributed by atoms with Crippen LogP contribution in [0.15, 0.2) is 18.2 Å². The van der Waals surface area contributed by atoms with Gasteiger partial charge >= 0.3 is 0 Å². The fourth-order valence-electron chi connectivity index (χ4n) is 3.25. The first kappa shape index (κ1) is 13.9. The normalized spacial score (nSPS) is 23.1. The standard InChI is InChI=1S/C16H25N3O/c1-17-10-15-12-19(7-8-20-15)11-13-3-4-16-14(9-13)5-6-18(16)2/h3-4,9,15,17H,5-8,10-12H2,1-2H3. The molecule has 1 saturated heterocycles. The van der Waals surface area contributed by atoms with Gasteiger partial charge in [-0.15, -0.1) is 0 Å². The Kier molecular flexibility index (Phi) is 4.24. The first-order valence-corrected chi connectivity index (χ1v) is 7.58. The van der Waals surface area contributed by atoms with E-state index in [0.29, 0.717) is 6.10 Å². The number of rotatable bonds is 4. The summed E-state index contributed by atoms with van der Waals surface area (Å²) in [5.41, 5.74) is 4.35. The first-order chi connectivity index (χ1) is 9.76. The molecule has 0 aliphatic carbocycles. The zero-order valence-corrected chi connectivity index (χ0v) is 12.6. The molecule has 2 heterocycles. The number of hydrogen-bond donors (Lipinski definition) is 1. The van der Waals surface area contributed by atoms with E-state index in [4.69, 9.17) is 4.74 Å². The summed E-state index contributed by atoms with van der Waals surface area (Å²) in [6.07, 6.45) is 1.51. The second-order valence-corrected chi connectivity index (χ2v) is 5.92. The maximum absolute atomic E-state index is 5.76. The van der Waals surface area contributed by atoms with E-state index < -0.39 is 0 Å². The van der Waals surface area contributed by atoms with E-state index in [1.165, 1.54) is 23.2 Å². The third-order valence-corrected chi connectivity index (χ3v) is 4.33. The van der Waals surface area contributed by atoms with E-state index in [1.807, 2.05) is 7.05 Å². The van der Waals surface area contributed by atoms with Crippen LogP contribution in [0.2, 0.25) is 0 Å². The van der Waals surface area contributed by atoms with Crippen LogP contribution in [0.5, 0.6) is 0 Å². The zero-order valence-electron chi connectivity index (χ0n) is 12.6. The van der Waals surface area contributed by atoms with E-state index in [2.05, 4.69) is 40.4 Å². The average molecular weight is 275 g/mol. The van der Waals surface area contributed by atoms with Gasteiger partial charge in [-0.3, -0.25) is 4.90 Å². The summed E-state index contributed by atoms with van der Waals surface area (Å²) in [4.78, 5) is 4.85. The highest BCUT2D eigenvalue weighted by Crippen LogP contribution is 2.27. The highest BCUT2D eigenvalue weighted by atomic mass is 16.5. The van der Waals surface area contributed by atoms with Gasteiger partial charge in [-0.2, -0.15) is 0 Å². The predicted octanol–water partition coefficient (Wildman–Crippen LogP) is 1.10. The number of nitrogens with one attached hydrogen (secondary N) is 1. The van der Waals surface area contributed by atoms with Gasteiger partial charge in [0.1, 0.15) is 0 Å². The molecule has 1 aromatic carbocycles. The van der Waals surface area contributed by atoms with Crippen LogP contribution in [0.1, 0.15) is 11.1 Å². The number of benzene rings is 1. The summed E-state index contributed by atoms with van der Waals surface area (Å²) in [6, 6.07) is 6.95. The molecule has 0 radical (unpaired) electrons. The minimum atomic E-state index is 0.328. The zero-order chi connectivity index (χ0) is 13.9. The summed E-state index contributed by atoms with van der Waals surface area (Å²) < 4.78 is 5.76. The molecule has 2 aliphatic heterocycles. The van der Waals surface area contributed by atoms with Gasteiger partial charge in [0.05, 0.1) is 12.7 Å². The molecule has 4 nitrogen and oxygen atoms in total. The van der Waals surface area contributed by atoms with Crippen LogP contribution in [0, 0.1) is 0 Å². The van der Waals surface area contributed by atoms with Crippen LogP contribution in [0.25, 0.3) is 0 Å². The van der Waals surface area contributed by atoms with Crippen molar-refractivity contribution in [2.24, 2.45) is 0 Å². The molecular formula is C16H25N3O. The van der Waals surface area contributed by atoms with E-state index in [0.717, 1.165) is 39.3 Å². The number of morpholine rings is 1. The Morgan fingerprint density at radius 2 is 2.25 bits per heavy atom. The van der Waals surface area contributed by atoms with Crippen LogP contribution < -0.4 is 10.2 Å². The van der Waals surface area contributed by atoms with Crippen LogP contribution >= 0.6 is 0 Å². The van der Waals surface area contributed by atoms with Crippen molar-refractivity contribution in [3.05, 3.63) is 29.3 Å². The second kappa shape index (κ2) is 6.12. The van der Waals surface area contributed by atoms with Crippen LogP contribution in [-0.2, 0) is 17.7 Å². The quantitative estimate of drug-likeness (QED) is 0.890. The summed E-state index contributed by atoms with van der Waals surface area (Å²) in [6.45, 7) is 6.04. The lowest BCUT2D eigenvalue weighted by Gasteiger charge is -2.33. The summed E-state index contributed by atoms with van der Waals surface area (Å²) in [7, 11) is 4.16. The van der Waals surface area contributed by atoms with Crippen molar-refractivity contribution in [3.63, 3.8) is 0 Å². The maximum atomic E-state index is 5.76. The van der Waals surface area contributed by atoms with Gasteiger partial charge in [0.25, 0.3) is 0 Å². The molecule has 0 spiro atoms. The molecule has 3 rings (SSSR count). The first-order valence-electron chi connectivity index (χ1n) is 7.58. The largest absolute Gasteiger partial charge is 0.374 e. The molecule has 1 fully saturated rings. The number of hydrogen-bond acceptors (Lipinski definition) is 4. The molecule has 1 atom stereocenters. The highest BCUT2D eigenvalue weighted by molar-refractivity contribution is 5.58. The van der Waals surface area contributed by atoms with Crippen molar-refractivity contribution in [1.29, 1.82) is 0 Å². The number of likely N-dealkylation sites (N-methyl/N-ethyl adjacent to an activating group) is 2. The van der Waals surface area contributed by atoms with Crippen LogP contribution in [-0.4, -0.2) is 57.9 Å². The lowest BCUT2D eigenvalue weighted by molar-refractivity contribution is -0.0291. The topological polar surface area (TPSA) is 27.7 Å². The van der Waals surface area contributed by atoms with Crippen molar-refractivity contribution in [1.82, 2.24) is 10.2 Å². The van der Waals surface area contributed by atoms with Gasteiger partial charge in [0.15, 0.2) is 0 Å². The highest BCUT2D eigenvalue weighted by Gasteiger charge is 2.21. The van der Waals surface area contributed by atoms with E-state index in [-0.39, 0.29) is 0 Å². The Hall–Kier alpha value is -1.10. The molecule has 1 aromatic rings. The van der Waals surface area contributed by atoms with Gasteiger partial charge in [0, 0.05) is 45.5 Å². The summed E-state index contributed by atoms with van der Waals surface area (Å²) >= 11 is 0. The summed E-state index contributed by atoms with van der Waals surface area (Å²) in [5, 5.41) is 3.20. The van der Waals surface area contributed by atoms with Crippen LogP contribution in [0.3, 0.4) is 0 Å². The van der Waals surface area contributed by atoms with Crippen molar-refractivity contribution in [2.45, 2.75) is 19.1 Å². The molecule has 0 aromatic heterocycles. The Morgan fingerprint density at radius 1 is 1.35 bits per heavy atom. The third kappa shape index (κ3) is 2.97. The molecule has 2 aliphatic rings. The Morgan fingerprint density at radius 3 is 3.10 bits per heavy atom. The average Bonchev–Trinajstić information content (AvgIpc) is 2.81. The van der Waals surface area contributed by atoms with Gasteiger partial charge < -0.3 is 15.0 Å². The summed E-state index contributed by atoms with van der Waals surface area (Å²) in [5.74, 6) is 0. The van der Waals surface area contributed by atoms with Gasteiger partial charge in [0.2, 0.25) is 0 Å². The third-order valence-electron chi connectivity index (χ3n) is 4.33. The molecule has 20 heavy (non-hydrogen) atoms. The van der Waals surface area contributed by atoms with Crippen LogP contribution in [0.4, 0.5) is 5.69 Å². The van der Waals surface area contributed by atoms with E-state index in [9.17, 15) is 0 Å². The molecule has 0 bridgehead atoms. The number of anilines is 1. The maximum Gasteiger partial charge on any atom is 0.0826 e. The van der Waals surface area contributed by atoms with Crippen molar-refractivity contribution >= 4 is 5.69 Å². The van der Waals surface area contributed by atoms with E-state index in [1.54, 1.807) is 0 Å². The van der Waals surface area contributed by atoms with Gasteiger partial charge in [-0.05, 0) is 30.7 Å².